The lowest BCUT2D eigenvalue weighted by molar-refractivity contribution is -0.120. The first-order valence-corrected chi connectivity index (χ1v) is 11.2. The van der Waals surface area contributed by atoms with Crippen LogP contribution in [0.15, 0.2) is 77.5 Å². The second-order valence-electron chi connectivity index (χ2n) is 8.09. The number of ether oxygens (including phenoxy) is 2. The molecular formula is C27H21ClN2O6. The van der Waals surface area contributed by atoms with Crippen LogP contribution in [-0.4, -0.2) is 30.9 Å². The van der Waals surface area contributed by atoms with Crippen molar-refractivity contribution >= 4 is 46.7 Å². The second kappa shape index (κ2) is 10.1. The highest BCUT2D eigenvalue weighted by Gasteiger charge is 2.39. The highest BCUT2D eigenvalue weighted by Crippen LogP contribution is 2.31. The van der Waals surface area contributed by atoms with E-state index < -0.39 is 23.8 Å². The molecule has 0 spiro atoms. The van der Waals surface area contributed by atoms with Crippen LogP contribution in [0.5, 0.6) is 5.75 Å². The maximum absolute atomic E-state index is 13.0. The Labute approximate surface area is 212 Å². The Morgan fingerprint density at radius 2 is 1.36 bits per heavy atom. The van der Waals surface area contributed by atoms with Crippen molar-refractivity contribution in [3.05, 3.63) is 99.7 Å². The summed E-state index contributed by atoms with van der Waals surface area (Å²) in [5, 5.41) is 2.65. The van der Waals surface area contributed by atoms with Crippen LogP contribution in [0.3, 0.4) is 0 Å². The van der Waals surface area contributed by atoms with Crippen LogP contribution in [0.2, 0.25) is 0 Å². The van der Waals surface area contributed by atoms with Gasteiger partial charge in [0.05, 0.1) is 23.9 Å². The van der Waals surface area contributed by atoms with Crippen molar-refractivity contribution in [1.82, 2.24) is 0 Å². The first-order chi connectivity index (χ1) is 17.2. The third kappa shape index (κ3) is 4.99. The first kappa shape index (κ1) is 24.7. The maximum Gasteiger partial charge on any atom is 0.343 e. The van der Waals surface area contributed by atoms with Crippen molar-refractivity contribution in [3.8, 4) is 5.75 Å². The number of amides is 2. The number of anilines is 2. The van der Waals surface area contributed by atoms with E-state index in [0.717, 1.165) is 16.0 Å². The predicted molar refractivity (Wildman–Crippen MR) is 134 cm³/mol. The Morgan fingerprint density at radius 3 is 1.94 bits per heavy atom. The minimum atomic E-state index is -0.618. The van der Waals surface area contributed by atoms with E-state index in [1.54, 1.807) is 24.3 Å². The number of hydrogen-bond donors (Lipinski definition) is 1. The van der Waals surface area contributed by atoms with Gasteiger partial charge in [0.2, 0.25) is 0 Å². The molecule has 0 radical (unpaired) electrons. The van der Waals surface area contributed by atoms with Crippen molar-refractivity contribution in [3.63, 3.8) is 0 Å². The molecule has 1 heterocycles. The number of aryl methyl sites for hydroxylation is 2. The van der Waals surface area contributed by atoms with Crippen LogP contribution in [0.25, 0.3) is 0 Å². The number of carbonyl (C=O) groups excluding carboxylic acids is 4. The molecule has 0 saturated carbocycles. The molecule has 1 aliphatic rings. The molecule has 36 heavy (non-hydrogen) atoms. The van der Waals surface area contributed by atoms with E-state index in [1.165, 1.54) is 43.5 Å². The summed E-state index contributed by atoms with van der Waals surface area (Å²) >= 11 is 6.21. The molecule has 2 amide bonds. The molecule has 4 rings (SSSR count). The van der Waals surface area contributed by atoms with Crippen molar-refractivity contribution in [2.24, 2.45) is 0 Å². The normalized spacial score (nSPS) is 13.2. The summed E-state index contributed by atoms with van der Waals surface area (Å²) < 4.78 is 9.96. The molecule has 1 aliphatic heterocycles. The number of nitrogens with zero attached hydrogens (tertiary/aromatic N) is 1. The number of esters is 2. The molecule has 1 N–H and O–H groups in total. The molecule has 0 unspecified atom stereocenters. The minimum absolute atomic E-state index is 0.0538. The third-order valence-corrected chi connectivity index (χ3v) is 5.72. The predicted octanol–water partition coefficient (Wildman–Crippen LogP) is 4.74. The monoisotopic (exact) mass is 504 g/mol. The highest BCUT2D eigenvalue weighted by atomic mass is 35.5. The molecule has 3 aromatic rings. The fourth-order valence-corrected chi connectivity index (χ4v) is 3.92. The lowest BCUT2D eigenvalue weighted by Gasteiger charge is -2.16. The summed E-state index contributed by atoms with van der Waals surface area (Å²) in [7, 11) is 1.28. The fraction of sp³-hybridized carbons (Fsp3) is 0.111. The summed E-state index contributed by atoms with van der Waals surface area (Å²) in [6, 6.07) is 17.5. The van der Waals surface area contributed by atoms with E-state index in [9.17, 15) is 19.2 Å². The molecule has 0 saturated heterocycles. The van der Waals surface area contributed by atoms with Crippen molar-refractivity contribution in [2.75, 3.05) is 17.3 Å². The Bertz CT molecular complexity index is 1390. The van der Waals surface area contributed by atoms with Crippen molar-refractivity contribution < 1.29 is 28.7 Å². The smallest absolute Gasteiger partial charge is 0.343 e. The molecule has 182 valence electrons. The van der Waals surface area contributed by atoms with Crippen LogP contribution < -0.4 is 15.0 Å². The largest absolute Gasteiger partial charge is 0.465 e. The number of imide groups is 1. The van der Waals surface area contributed by atoms with E-state index in [1.807, 2.05) is 19.9 Å². The average Bonchev–Trinajstić information content (AvgIpc) is 3.06. The number of benzene rings is 3. The summed E-state index contributed by atoms with van der Waals surface area (Å²) in [6.07, 6.45) is 0. The van der Waals surface area contributed by atoms with E-state index in [0.29, 0.717) is 16.9 Å². The lowest BCUT2D eigenvalue weighted by Crippen LogP contribution is -2.32. The average molecular weight is 505 g/mol. The number of methoxy groups -OCH3 is 1. The lowest BCUT2D eigenvalue weighted by atomic mass is 10.1. The van der Waals surface area contributed by atoms with E-state index in [-0.39, 0.29) is 22.0 Å². The third-order valence-electron chi connectivity index (χ3n) is 5.37. The number of hydrogen-bond acceptors (Lipinski definition) is 7. The van der Waals surface area contributed by atoms with E-state index >= 15 is 0 Å². The van der Waals surface area contributed by atoms with Gasteiger partial charge in [-0.1, -0.05) is 17.7 Å². The van der Waals surface area contributed by atoms with Gasteiger partial charge < -0.3 is 14.8 Å². The molecule has 0 aliphatic carbocycles. The molecule has 0 fully saturated rings. The number of nitrogens with one attached hydrogen (secondary N) is 1. The van der Waals surface area contributed by atoms with Gasteiger partial charge >= 0.3 is 11.9 Å². The number of carbonyl (C=O) groups is 4. The van der Waals surface area contributed by atoms with Gasteiger partial charge in [0.25, 0.3) is 11.8 Å². The van der Waals surface area contributed by atoms with Crippen LogP contribution >= 0.6 is 11.6 Å². The summed E-state index contributed by atoms with van der Waals surface area (Å²) in [5.74, 6) is -2.04. The molecule has 0 bridgehead atoms. The Balaban J connectivity index is 1.45. The van der Waals surface area contributed by atoms with Gasteiger partial charge in [-0.3, -0.25) is 9.59 Å². The molecule has 0 aromatic heterocycles. The number of rotatable bonds is 6. The van der Waals surface area contributed by atoms with Gasteiger partial charge in [-0.2, -0.15) is 0 Å². The standard InChI is InChI=1S/C27H21ClN2O6/c1-15-12-16(2)14-20(13-15)30-24(31)22(28)23(25(30)32)29-19-8-4-18(5-9-19)27(34)36-21-10-6-17(7-11-21)26(33)35-3/h4-14,29H,1-3H3. The summed E-state index contributed by atoms with van der Waals surface area (Å²) in [6.45, 7) is 3.75. The van der Waals surface area contributed by atoms with Gasteiger partial charge in [-0.25, -0.2) is 14.5 Å². The molecule has 9 heteroatoms. The van der Waals surface area contributed by atoms with E-state index in [2.05, 4.69) is 10.1 Å². The van der Waals surface area contributed by atoms with Crippen molar-refractivity contribution in [1.29, 1.82) is 0 Å². The summed E-state index contributed by atoms with van der Waals surface area (Å²) in [5.41, 5.74) is 3.23. The molecule has 8 nitrogen and oxygen atoms in total. The summed E-state index contributed by atoms with van der Waals surface area (Å²) in [4.78, 5) is 50.8. The highest BCUT2D eigenvalue weighted by molar-refractivity contribution is 6.53. The maximum atomic E-state index is 13.0. The molecular weight excluding hydrogens is 484 g/mol. The van der Waals surface area contributed by atoms with E-state index in [4.69, 9.17) is 16.3 Å². The topological polar surface area (TPSA) is 102 Å². The molecule has 0 atom stereocenters. The van der Waals surface area contributed by atoms with Gasteiger partial charge in [-0.05, 0) is 85.6 Å². The van der Waals surface area contributed by atoms with Crippen molar-refractivity contribution in [2.45, 2.75) is 13.8 Å². The fourth-order valence-electron chi connectivity index (χ4n) is 3.70. The first-order valence-electron chi connectivity index (χ1n) is 10.8. The van der Waals surface area contributed by atoms with Gasteiger partial charge in [0, 0.05) is 5.69 Å². The van der Waals surface area contributed by atoms with Crippen LogP contribution in [-0.2, 0) is 14.3 Å². The Morgan fingerprint density at radius 1 is 0.806 bits per heavy atom. The van der Waals surface area contributed by atoms with Crippen LogP contribution in [0.1, 0.15) is 31.8 Å². The van der Waals surface area contributed by atoms with Gasteiger partial charge in [0.15, 0.2) is 0 Å². The number of halogens is 1. The van der Waals surface area contributed by atoms with Crippen LogP contribution in [0.4, 0.5) is 11.4 Å². The van der Waals surface area contributed by atoms with Gasteiger partial charge in [-0.15, -0.1) is 0 Å². The Kier molecular flexibility index (Phi) is 6.89. The zero-order chi connectivity index (χ0) is 26.0. The zero-order valence-electron chi connectivity index (χ0n) is 19.6. The zero-order valence-corrected chi connectivity index (χ0v) is 20.4. The van der Waals surface area contributed by atoms with Crippen LogP contribution in [0, 0.1) is 13.8 Å². The second-order valence-corrected chi connectivity index (χ2v) is 8.47. The SMILES string of the molecule is COC(=O)c1ccc(OC(=O)c2ccc(NC3=C(Cl)C(=O)N(c4cc(C)cc(C)c4)C3=O)cc2)cc1. The quantitative estimate of drug-likeness (QED) is 0.294. The molecule has 3 aromatic carbocycles. The minimum Gasteiger partial charge on any atom is -0.465 e. The van der Waals surface area contributed by atoms with Gasteiger partial charge in [0.1, 0.15) is 16.5 Å². The Hall–Kier alpha value is -4.43.